The molecule has 0 unspecified atom stereocenters. The van der Waals surface area contributed by atoms with Crippen LogP contribution < -0.4 is 59.3 Å². The molecule has 25 nitrogen and oxygen atoms in total. The van der Waals surface area contributed by atoms with Gasteiger partial charge in [-0.15, -0.1) is 0 Å². The maximum Gasteiger partial charge on any atom is 0.328 e. The Morgan fingerprint density at radius 3 is 1.87 bits per heavy atom. The molecule has 7 atom stereocenters. The summed E-state index contributed by atoms with van der Waals surface area (Å²) in [6.45, 7) is 7.58. The van der Waals surface area contributed by atoms with Crippen molar-refractivity contribution in [3.05, 3.63) is 54.1 Å². The molecule has 0 aliphatic rings. The number of ether oxygens (including phenoxy) is 1. The number of imidazole rings is 1. The van der Waals surface area contributed by atoms with E-state index in [0.29, 0.717) is 17.7 Å². The molecule has 0 aliphatic carbocycles. The SMILES string of the molecule is CCOC(=O)[C@H](C)NC(=O)CNC(=O)[C@H](Cc1ccccc1)NC(=O)[C@H](Cc1c[nH]cn1)NC(=O)[C@H](CCCNC(=N)N)NC(=O)[C@H](CC(C)C)NC(=O)[C@H](CCC(N)=O)NC(=O)[C@H](C)NC=O. The first kappa shape index (κ1) is 56.5. The molecule has 2 aromatic rings. The van der Waals surface area contributed by atoms with Crippen molar-refractivity contribution in [3.8, 4) is 0 Å². The fourth-order valence-electron chi connectivity index (χ4n) is 6.41. The molecule has 374 valence electrons. The number of primary amides is 1. The van der Waals surface area contributed by atoms with Crippen LogP contribution in [0.3, 0.4) is 0 Å². The molecule has 0 aliphatic heterocycles. The highest BCUT2D eigenvalue weighted by Gasteiger charge is 2.34. The van der Waals surface area contributed by atoms with Gasteiger partial charge in [-0.25, -0.2) is 9.78 Å². The Balaban J connectivity index is 2.44. The molecule has 1 aromatic carbocycles. The van der Waals surface area contributed by atoms with Crippen LogP contribution in [-0.2, 0) is 65.5 Å². The van der Waals surface area contributed by atoms with Crippen LogP contribution >= 0.6 is 0 Å². The first-order chi connectivity index (χ1) is 32.2. The number of nitrogens with zero attached hydrogens (tertiary/aromatic N) is 1. The second kappa shape index (κ2) is 29.8. The molecule has 1 heterocycles. The predicted molar refractivity (Wildman–Crippen MR) is 245 cm³/mol. The predicted octanol–water partition coefficient (Wildman–Crippen LogP) is -3.49. The van der Waals surface area contributed by atoms with E-state index in [-0.39, 0.29) is 70.0 Å². The minimum Gasteiger partial charge on any atom is -0.464 e. The number of aromatic amines is 1. The van der Waals surface area contributed by atoms with Crippen LogP contribution in [0.1, 0.15) is 78.0 Å². The summed E-state index contributed by atoms with van der Waals surface area (Å²) in [5.74, 6) is -7.60. The number of carbonyl (C=O) groups excluding carboxylic acids is 10. The first-order valence-electron chi connectivity index (χ1n) is 22.1. The lowest BCUT2D eigenvalue weighted by molar-refractivity contribution is -0.146. The number of esters is 1. The minimum absolute atomic E-state index is 0.0402. The second-order valence-electron chi connectivity index (χ2n) is 16.1. The van der Waals surface area contributed by atoms with E-state index in [1.807, 2.05) is 0 Å². The summed E-state index contributed by atoms with van der Waals surface area (Å²) in [5, 5.41) is 30.3. The van der Waals surface area contributed by atoms with Crippen molar-refractivity contribution in [1.29, 1.82) is 5.41 Å². The number of aromatic nitrogens is 2. The monoisotopic (exact) mass is 955 g/mol. The molecule has 15 N–H and O–H groups in total. The molecule has 0 spiro atoms. The van der Waals surface area contributed by atoms with E-state index in [2.05, 4.69) is 57.8 Å². The van der Waals surface area contributed by atoms with Crippen LogP contribution in [0.4, 0.5) is 0 Å². The van der Waals surface area contributed by atoms with Gasteiger partial charge in [0.1, 0.15) is 42.3 Å². The number of hydrogen-bond acceptors (Lipinski definition) is 13. The number of hydrogen-bond donors (Lipinski definition) is 13. The van der Waals surface area contributed by atoms with Gasteiger partial charge in [-0.1, -0.05) is 44.2 Å². The first-order valence-corrected chi connectivity index (χ1v) is 22.1. The highest BCUT2D eigenvalue weighted by atomic mass is 16.5. The third-order valence-electron chi connectivity index (χ3n) is 9.94. The maximum absolute atomic E-state index is 14.3. The number of amides is 9. The van der Waals surface area contributed by atoms with E-state index in [1.54, 1.807) is 51.1 Å². The lowest BCUT2D eigenvalue weighted by atomic mass is 10.0. The fourth-order valence-corrected chi connectivity index (χ4v) is 6.41. The van der Waals surface area contributed by atoms with Gasteiger partial charge < -0.3 is 69.0 Å². The molecule has 68 heavy (non-hydrogen) atoms. The number of nitrogens with one attached hydrogen (secondary N) is 11. The number of nitrogens with two attached hydrogens (primary N) is 2. The molecule has 0 saturated heterocycles. The molecular weight excluding hydrogens is 889 g/mol. The van der Waals surface area contributed by atoms with Gasteiger partial charge >= 0.3 is 5.97 Å². The van der Waals surface area contributed by atoms with Crippen LogP contribution in [0.2, 0.25) is 0 Å². The van der Waals surface area contributed by atoms with Crippen LogP contribution in [-0.4, -0.2) is 138 Å². The Hall–Kier alpha value is -7.60. The van der Waals surface area contributed by atoms with Gasteiger partial charge in [0.25, 0.3) is 0 Å². The average Bonchev–Trinajstić information content (AvgIpc) is 3.80. The zero-order valence-corrected chi connectivity index (χ0v) is 38.9. The van der Waals surface area contributed by atoms with Crippen molar-refractivity contribution >= 4 is 65.6 Å². The molecule has 1 aromatic heterocycles. The van der Waals surface area contributed by atoms with E-state index in [0.717, 1.165) is 0 Å². The Morgan fingerprint density at radius 2 is 1.29 bits per heavy atom. The quantitative estimate of drug-likeness (QED) is 0.0115. The summed E-state index contributed by atoms with van der Waals surface area (Å²) in [7, 11) is 0. The summed E-state index contributed by atoms with van der Waals surface area (Å²) in [6, 6.07) is -0.168. The summed E-state index contributed by atoms with van der Waals surface area (Å²) in [4.78, 5) is 137. The van der Waals surface area contributed by atoms with E-state index in [1.165, 1.54) is 26.4 Å². The lowest BCUT2D eigenvalue weighted by Crippen LogP contribution is -2.60. The topological polar surface area (TPSA) is 393 Å². The molecule has 9 amide bonds. The average molecular weight is 955 g/mol. The summed E-state index contributed by atoms with van der Waals surface area (Å²) in [5.41, 5.74) is 11.7. The van der Waals surface area contributed by atoms with Crippen molar-refractivity contribution in [1.82, 2.24) is 57.8 Å². The number of guanidine groups is 1. The summed E-state index contributed by atoms with van der Waals surface area (Å²) < 4.78 is 4.91. The molecular formula is C43H66N14O11. The van der Waals surface area contributed by atoms with Gasteiger partial charge in [0.15, 0.2) is 5.96 Å². The number of rotatable bonds is 31. The number of carbonyl (C=O) groups is 10. The lowest BCUT2D eigenvalue weighted by Gasteiger charge is -2.28. The molecule has 0 radical (unpaired) electrons. The van der Waals surface area contributed by atoms with Gasteiger partial charge in [-0.05, 0) is 57.9 Å². The molecule has 0 fully saturated rings. The second-order valence-corrected chi connectivity index (χ2v) is 16.1. The van der Waals surface area contributed by atoms with Crippen molar-refractivity contribution in [2.75, 3.05) is 19.7 Å². The minimum atomic E-state index is -1.42. The van der Waals surface area contributed by atoms with E-state index < -0.39 is 102 Å². The van der Waals surface area contributed by atoms with Crippen LogP contribution in [0.5, 0.6) is 0 Å². The van der Waals surface area contributed by atoms with Crippen molar-refractivity contribution < 1.29 is 52.7 Å². The van der Waals surface area contributed by atoms with Gasteiger partial charge in [0.05, 0.1) is 25.2 Å². The highest BCUT2D eigenvalue weighted by Crippen LogP contribution is 2.11. The zero-order valence-electron chi connectivity index (χ0n) is 38.9. The zero-order chi connectivity index (χ0) is 50.8. The van der Waals surface area contributed by atoms with Crippen LogP contribution in [0, 0.1) is 11.3 Å². The summed E-state index contributed by atoms with van der Waals surface area (Å²) >= 11 is 0. The highest BCUT2D eigenvalue weighted by molar-refractivity contribution is 5.97. The summed E-state index contributed by atoms with van der Waals surface area (Å²) in [6.07, 6.45) is 2.45. The van der Waals surface area contributed by atoms with Gasteiger partial charge in [-0.2, -0.15) is 0 Å². The Morgan fingerprint density at radius 1 is 0.721 bits per heavy atom. The number of H-pyrrole nitrogens is 1. The van der Waals surface area contributed by atoms with Crippen molar-refractivity contribution in [2.24, 2.45) is 17.4 Å². The molecule has 0 saturated carbocycles. The van der Waals surface area contributed by atoms with E-state index in [9.17, 15) is 47.9 Å². The Labute approximate surface area is 393 Å². The Bertz CT molecular complexity index is 2020. The normalized spacial score (nSPS) is 13.9. The molecule has 2 rings (SSSR count). The van der Waals surface area contributed by atoms with Gasteiger partial charge in [0.2, 0.25) is 53.7 Å². The van der Waals surface area contributed by atoms with Crippen molar-refractivity contribution in [3.63, 3.8) is 0 Å². The standard InChI is InChI=1S/C43H66N14O11/c1-6-68-42(67)26(5)52-35(60)21-49-37(62)32(18-27-11-8-7-9-12-27)56-41(66)33(19-28-20-47-22-50-28)57-38(63)29(13-10-16-48-43(45)46)54-40(65)31(17-24(2)3)55-39(64)30(14-15-34(44)59)53-36(61)25(4)51-23-58/h7-9,11-12,20,22-26,29-33H,6,10,13-19,21H2,1-5H3,(H2,44,59)(H,47,50)(H,49,62)(H,51,58)(H,52,60)(H,53,61)(H,54,65)(H,55,64)(H,56,66)(H,57,63)(H4,45,46,48)/t25-,26-,29-,30-,31-,32-,33-/m0/s1. The van der Waals surface area contributed by atoms with Gasteiger partial charge in [-0.3, -0.25) is 48.6 Å². The van der Waals surface area contributed by atoms with Gasteiger partial charge in [0, 0.05) is 32.0 Å². The van der Waals surface area contributed by atoms with E-state index in [4.69, 9.17) is 21.6 Å². The van der Waals surface area contributed by atoms with Crippen molar-refractivity contribution in [2.45, 2.75) is 122 Å². The maximum atomic E-state index is 14.3. The largest absolute Gasteiger partial charge is 0.464 e. The third kappa shape index (κ3) is 21.6. The Kier molecular flexibility index (Phi) is 24.8. The molecule has 0 bridgehead atoms. The van der Waals surface area contributed by atoms with Crippen LogP contribution in [0.25, 0.3) is 0 Å². The third-order valence-corrected chi connectivity index (χ3v) is 9.94. The van der Waals surface area contributed by atoms with E-state index >= 15 is 0 Å². The van der Waals surface area contributed by atoms with Crippen LogP contribution in [0.15, 0.2) is 42.9 Å². The molecule has 25 heteroatoms. The number of benzene rings is 1. The fraction of sp³-hybridized carbons (Fsp3) is 0.535. The smallest absolute Gasteiger partial charge is 0.328 e.